The summed E-state index contributed by atoms with van der Waals surface area (Å²) >= 11 is 0. The summed E-state index contributed by atoms with van der Waals surface area (Å²) in [7, 11) is 6.23. The second-order valence-corrected chi connectivity index (χ2v) is 6.57. The lowest BCUT2D eigenvalue weighted by molar-refractivity contribution is -0.120. The van der Waals surface area contributed by atoms with Gasteiger partial charge >= 0.3 is 0 Å². The van der Waals surface area contributed by atoms with Crippen LogP contribution in [0, 0.1) is 6.92 Å². The molecule has 0 saturated carbocycles. The van der Waals surface area contributed by atoms with Crippen LogP contribution in [0.1, 0.15) is 16.8 Å². The number of aromatic nitrogens is 1. The van der Waals surface area contributed by atoms with E-state index in [1.54, 1.807) is 33.5 Å². The second-order valence-electron chi connectivity index (χ2n) is 6.57. The van der Waals surface area contributed by atoms with Crippen LogP contribution in [0.3, 0.4) is 0 Å². The highest BCUT2D eigenvalue weighted by atomic mass is 16.5. The molecule has 30 heavy (non-hydrogen) atoms. The molecule has 1 amide bonds. The number of aromatic amines is 1. The average Bonchev–Trinajstić information content (AvgIpc) is 3.06. The Hall–Kier alpha value is -3.68. The smallest absolute Gasteiger partial charge is 0.244 e. The molecule has 2 aromatic carbocycles. The first-order valence-corrected chi connectivity index (χ1v) is 9.27. The van der Waals surface area contributed by atoms with Crippen LogP contribution in [0.5, 0.6) is 23.0 Å². The molecule has 0 saturated heterocycles. The number of aryl methyl sites for hydroxylation is 1. The predicted molar refractivity (Wildman–Crippen MR) is 115 cm³/mol. The van der Waals surface area contributed by atoms with Crippen molar-refractivity contribution >= 4 is 23.0 Å². The molecule has 0 aliphatic heterocycles. The van der Waals surface area contributed by atoms with Crippen molar-refractivity contribution in [2.24, 2.45) is 5.10 Å². The Kier molecular flexibility index (Phi) is 6.46. The molecule has 2 N–H and O–H groups in total. The van der Waals surface area contributed by atoms with Crippen molar-refractivity contribution in [2.45, 2.75) is 13.3 Å². The third-order valence-corrected chi connectivity index (χ3v) is 4.75. The number of rotatable bonds is 8. The van der Waals surface area contributed by atoms with Crippen LogP contribution in [-0.2, 0) is 11.2 Å². The number of carbonyl (C=O) groups excluding carboxylic acids is 1. The number of amides is 1. The number of ether oxygens (including phenoxy) is 4. The highest BCUT2D eigenvalue weighted by Crippen LogP contribution is 2.37. The molecule has 0 spiro atoms. The van der Waals surface area contributed by atoms with Gasteiger partial charge in [0.2, 0.25) is 11.7 Å². The molecule has 0 fully saturated rings. The lowest BCUT2D eigenvalue weighted by Crippen LogP contribution is -2.20. The van der Waals surface area contributed by atoms with Crippen LogP contribution in [0.4, 0.5) is 0 Å². The fraction of sp³-hybridized carbons (Fsp3) is 0.273. The van der Waals surface area contributed by atoms with E-state index in [1.165, 1.54) is 13.3 Å². The molecular weight excluding hydrogens is 386 g/mol. The van der Waals surface area contributed by atoms with Crippen LogP contribution < -0.4 is 24.4 Å². The van der Waals surface area contributed by atoms with Crippen LogP contribution in [-0.4, -0.2) is 45.5 Å². The van der Waals surface area contributed by atoms with E-state index in [9.17, 15) is 4.79 Å². The molecule has 0 bridgehead atoms. The largest absolute Gasteiger partial charge is 0.497 e. The van der Waals surface area contributed by atoms with Gasteiger partial charge < -0.3 is 23.9 Å². The lowest BCUT2D eigenvalue weighted by Gasteiger charge is -2.12. The van der Waals surface area contributed by atoms with E-state index in [1.807, 2.05) is 25.1 Å². The summed E-state index contributed by atoms with van der Waals surface area (Å²) in [6, 6.07) is 9.22. The number of carbonyl (C=O) groups is 1. The Balaban J connectivity index is 1.74. The molecule has 0 aliphatic rings. The summed E-state index contributed by atoms with van der Waals surface area (Å²) in [5, 5.41) is 5.01. The van der Waals surface area contributed by atoms with Gasteiger partial charge in [-0.3, -0.25) is 4.79 Å². The minimum atomic E-state index is -0.231. The first-order chi connectivity index (χ1) is 14.5. The van der Waals surface area contributed by atoms with Crippen molar-refractivity contribution in [3.63, 3.8) is 0 Å². The number of hydrogen-bond acceptors (Lipinski definition) is 6. The van der Waals surface area contributed by atoms with E-state index in [-0.39, 0.29) is 12.3 Å². The Morgan fingerprint density at radius 3 is 2.33 bits per heavy atom. The summed E-state index contributed by atoms with van der Waals surface area (Å²) in [5.74, 6) is 2.02. The molecule has 0 aliphatic carbocycles. The van der Waals surface area contributed by atoms with Crippen LogP contribution in [0.2, 0.25) is 0 Å². The second kappa shape index (κ2) is 9.21. The van der Waals surface area contributed by atoms with Crippen LogP contribution >= 0.6 is 0 Å². The van der Waals surface area contributed by atoms with E-state index in [0.717, 1.165) is 27.9 Å². The number of methoxy groups -OCH3 is 4. The van der Waals surface area contributed by atoms with E-state index >= 15 is 0 Å². The Morgan fingerprint density at radius 2 is 1.73 bits per heavy atom. The highest BCUT2D eigenvalue weighted by molar-refractivity contribution is 5.91. The molecule has 158 valence electrons. The van der Waals surface area contributed by atoms with Gasteiger partial charge in [0, 0.05) is 22.2 Å². The summed E-state index contributed by atoms with van der Waals surface area (Å²) in [6.07, 6.45) is 1.71. The van der Waals surface area contributed by atoms with Gasteiger partial charge in [0.25, 0.3) is 0 Å². The quantitative estimate of drug-likeness (QED) is 0.439. The van der Waals surface area contributed by atoms with Crippen molar-refractivity contribution in [3.05, 3.63) is 47.2 Å². The van der Waals surface area contributed by atoms with Gasteiger partial charge in [-0.15, -0.1) is 0 Å². The Bertz CT molecular complexity index is 1060. The minimum Gasteiger partial charge on any atom is -0.497 e. The number of nitrogens with one attached hydrogen (secondary N) is 2. The van der Waals surface area contributed by atoms with Gasteiger partial charge in [-0.1, -0.05) is 0 Å². The fourth-order valence-corrected chi connectivity index (χ4v) is 3.27. The molecule has 8 heteroatoms. The number of nitrogens with zero attached hydrogens (tertiary/aromatic N) is 1. The number of fused-ring (bicyclic) bond motifs is 1. The molecule has 0 atom stereocenters. The zero-order valence-corrected chi connectivity index (χ0v) is 17.7. The van der Waals surface area contributed by atoms with Crippen molar-refractivity contribution in [2.75, 3.05) is 28.4 Å². The van der Waals surface area contributed by atoms with E-state index in [2.05, 4.69) is 15.5 Å². The third kappa shape index (κ3) is 4.32. The van der Waals surface area contributed by atoms with Crippen molar-refractivity contribution in [3.8, 4) is 23.0 Å². The third-order valence-electron chi connectivity index (χ3n) is 4.75. The van der Waals surface area contributed by atoms with E-state index in [4.69, 9.17) is 18.9 Å². The average molecular weight is 411 g/mol. The minimum absolute atomic E-state index is 0.186. The van der Waals surface area contributed by atoms with E-state index in [0.29, 0.717) is 22.8 Å². The van der Waals surface area contributed by atoms with Gasteiger partial charge in [0.05, 0.1) is 41.1 Å². The molecule has 0 unspecified atom stereocenters. The topological polar surface area (TPSA) is 94.2 Å². The maximum Gasteiger partial charge on any atom is 0.244 e. The van der Waals surface area contributed by atoms with Crippen molar-refractivity contribution in [1.29, 1.82) is 0 Å². The van der Waals surface area contributed by atoms with Gasteiger partial charge in [0.1, 0.15) is 5.75 Å². The van der Waals surface area contributed by atoms with Crippen LogP contribution in [0.15, 0.2) is 35.4 Å². The molecule has 8 nitrogen and oxygen atoms in total. The SMILES string of the molecule is COc1ccc2[nH]c(C)c(CC(=O)NN=Cc3cc(OC)c(OC)c(OC)c3)c2c1. The fourth-order valence-electron chi connectivity index (χ4n) is 3.27. The van der Waals surface area contributed by atoms with Gasteiger partial charge in [-0.05, 0) is 42.8 Å². The summed E-state index contributed by atoms with van der Waals surface area (Å²) in [5.41, 5.74) is 6.05. The molecule has 1 aromatic heterocycles. The lowest BCUT2D eigenvalue weighted by atomic mass is 10.1. The van der Waals surface area contributed by atoms with E-state index < -0.39 is 0 Å². The van der Waals surface area contributed by atoms with Gasteiger partial charge in [0.15, 0.2) is 11.5 Å². The molecular formula is C22H25N3O5. The number of H-pyrrole nitrogens is 1. The normalized spacial score (nSPS) is 11.0. The number of benzene rings is 2. The van der Waals surface area contributed by atoms with Gasteiger partial charge in [-0.2, -0.15) is 5.10 Å². The standard InChI is InChI=1S/C22H25N3O5/c1-13-16(17-10-15(27-2)6-7-18(17)24-13)11-21(26)25-23-12-14-8-19(28-3)22(30-5)20(9-14)29-4/h6-10,12,24H,11H2,1-5H3,(H,25,26). The summed E-state index contributed by atoms with van der Waals surface area (Å²) in [6.45, 7) is 1.94. The zero-order chi connectivity index (χ0) is 21.7. The predicted octanol–water partition coefficient (Wildman–Crippen LogP) is 3.20. The van der Waals surface area contributed by atoms with Crippen LogP contribution in [0.25, 0.3) is 10.9 Å². The first kappa shape index (κ1) is 21.0. The van der Waals surface area contributed by atoms with Crippen molar-refractivity contribution < 1.29 is 23.7 Å². The summed E-state index contributed by atoms with van der Waals surface area (Å²) < 4.78 is 21.2. The molecule has 3 aromatic rings. The zero-order valence-electron chi connectivity index (χ0n) is 17.7. The monoisotopic (exact) mass is 411 g/mol. The highest BCUT2D eigenvalue weighted by Gasteiger charge is 2.14. The van der Waals surface area contributed by atoms with Gasteiger partial charge in [-0.25, -0.2) is 5.43 Å². The maximum absolute atomic E-state index is 12.5. The Morgan fingerprint density at radius 1 is 1.03 bits per heavy atom. The molecule has 3 rings (SSSR count). The molecule has 1 heterocycles. The number of hydrazone groups is 1. The van der Waals surface area contributed by atoms with Crippen molar-refractivity contribution in [1.82, 2.24) is 10.4 Å². The molecule has 0 radical (unpaired) electrons. The summed E-state index contributed by atoms with van der Waals surface area (Å²) in [4.78, 5) is 15.7. The maximum atomic E-state index is 12.5. The number of hydrogen-bond donors (Lipinski definition) is 2. The first-order valence-electron chi connectivity index (χ1n) is 9.27. The Labute approximate surface area is 174 Å².